The Bertz CT molecular complexity index is 1660. The first-order valence-electron chi connectivity index (χ1n) is 12.4. The van der Waals surface area contributed by atoms with Gasteiger partial charge in [-0.2, -0.15) is 10.2 Å². The normalized spacial score (nSPS) is 11.4. The molecule has 0 fully saturated rings. The maximum Gasteiger partial charge on any atom is 0.287 e. The van der Waals surface area contributed by atoms with E-state index in [4.69, 9.17) is 16.7 Å². The number of hydrazone groups is 1. The molecule has 0 bridgehead atoms. The highest BCUT2D eigenvalue weighted by molar-refractivity contribution is 6.30. The minimum atomic E-state index is -0.596. The largest absolute Gasteiger partial charge is 0.317 e. The van der Waals surface area contributed by atoms with Gasteiger partial charge in [-0.3, -0.25) is 9.59 Å². The van der Waals surface area contributed by atoms with Crippen LogP contribution in [0.3, 0.4) is 0 Å². The van der Waals surface area contributed by atoms with Crippen LogP contribution in [0.25, 0.3) is 23.0 Å². The zero-order valence-corrected chi connectivity index (χ0v) is 22.0. The molecule has 196 valence electrons. The number of rotatable bonds is 8. The monoisotopic (exact) mass is 545 g/mol. The van der Waals surface area contributed by atoms with Crippen molar-refractivity contribution >= 4 is 35.7 Å². The van der Waals surface area contributed by atoms with E-state index < -0.39 is 11.8 Å². The second kappa shape index (κ2) is 12.5. The van der Waals surface area contributed by atoms with Gasteiger partial charge in [-0.1, -0.05) is 90.5 Å². The van der Waals surface area contributed by atoms with Gasteiger partial charge in [0.05, 0.1) is 11.9 Å². The van der Waals surface area contributed by atoms with Crippen LogP contribution in [-0.4, -0.2) is 27.8 Å². The van der Waals surface area contributed by atoms with Crippen molar-refractivity contribution in [3.63, 3.8) is 0 Å². The third kappa shape index (κ3) is 6.59. The summed E-state index contributed by atoms with van der Waals surface area (Å²) < 4.78 is 1.74. The van der Waals surface area contributed by atoms with Crippen LogP contribution >= 0.6 is 11.6 Å². The summed E-state index contributed by atoms with van der Waals surface area (Å²) in [6, 6.07) is 35.0. The maximum absolute atomic E-state index is 13.3. The van der Waals surface area contributed by atoms with Crippen LogP contribution in [-0.2, 0) is 4.79 Å². The van der Waals surface area contributed by atoms with E-state index in [1.54, 1.807) is 59.3 Å². The molecule has 8 heteroatoms. The zero-order valence-electron chi connectivity index (χ0n) is 21.2. The molecule has 1 heterocycles. The number of benzene rings is 4. The lowest BCUT2D eigenvalue weighted by molar-refractivity contribution is -0.117. The number of nitrogens with one attached hydrogen (secondary N) is 2. The molecule has 2 N–H and O–H groups in total. The molecule has 0 unspecified atom stereocenters. The van der Waals surface area contributed by atoms with E-state index in [0.29, 0.717) is 21.8 Å². The first-order chi connectivity index (χ1) is 19.6. The van der Waals surface area contributed by atoms with E-state index in [2.05, 4.69) is 15.8 Å². The number of aromatic nitrogens is 2. The minimum Gasteiger partial charge on any atom is -0.317 e. The van der Waals surface area contributed by atoms with Crippen molar-refractivity contribution in [2.75, 3.05) is 0 Å². The van der Waals surface area contributed by atoms with Crippen molar-refractivity contribution in [2.24, 2.45) is 5.10 Å². The molecule has 1 aromatic heterocycles. The van der Waals surface area contributed by atoms with E-state index >= 15 is 0 Å². The number of para-hydroxylation sites is 1. The Labute approximate surface area is 236 Å². The average molecular weight is 546 g/mol. The summed E-state index contributed by atoms with van der Waals surface area (Å²) in [5.74, 6) is -1.03. The fourth-order valence-electron chi connectivity index (χ4n) is 3.90. The highest BCUT2D eigenvalue weighted by atomic mass is 35.5. The van der Waals surface area contributed by atoms with Gasteiger partial charge in [-0.05, 0) is 48.0 Å². The number of nitrogens with zero attached hydrogens (tertiary/aromatic N) is 3. The van der Waals surface area contributed by atoms with Gasteiger partial charge in [0.1, 0.15) is 11.4 Å². The molecule has 7 nitrogen and oxygen atoms in total. The maximum atomic E-state index is 13.3. The van der Waals surface area contributed by atoms with Crippen molar-refractivity contribution in [3.8, 4) is 16.9 Å². The number of amides is 2. The molecule has 2 amide bonds. The third-order valence-corrected chi connectivity index (χ3v) is 6.14. The number of hydrogen-bond acceptors (Lipinski definition) is 4. The molecular formula is C32H24ClN5O2. The van der Waals surface area contributed by atoms with Crippen molar-refractivity contribution in [2.45, 2.75) is 0 Å². The molecule has 0 aliphatic rings. The van der Waals surface area contributed by atoms with Gasteiger partial charge in [-0.15, -0.1) is 0 Å². The van der Waals surface area contributed by atoms with Gasteiger partial charge >= 0.3 is 0 Å². The molecule has 0 saturated heterocycles. The summed E-state index contributed by atoms with van der Waals surface area (Å²) in [5.41, 5.74) is 6.67. The van der Waals surface area contributed by atoms with Gasteiger partial charge < -0.3 is 5.32 Å². The fourth-order valence-corrected chi connectivity index (χ4v) is 4.02. The minimum absolute atomic E-state index is 0.00639. The van der Waals surface area contributed by atoms with Crippen LogP contribution in [0.15, 0.2) is 132 Å². The molecule has 0 spiro atoms. The van der Waals surface area contributed by atoms with Gasteiger partial charge in [0.25, 0.3) is 11.8 Å². The highest BCUT2D eigenvalue weighted by Crippen LogP contribution is 2.25. The predicted octanol–water partition coefficient (Wildman–Crippen LogP) is 6.11. The Morgan fingerprint density at radius 2 is 1.43 bits per heavy atom. The van der Waals surface area contributed by atoms with Crippen LogP contribution in [0.2, 0.25) is 5.02 Å². The van der Waals surface area contributed by atoms with Crippen LogP contribution < -0.4 is 10.7 Å². The van der Waals surface area contributed by atoms with Crippen molar-refractivity contribution in [3.05, 3.63) is 149 Å². The second-order valence-corrected chi connectivity index (χ2v) is 9.14. The quantitative estimate of drug-likeness (QED) is 0.140. The van der Waals surface area contributed by atoms with E-state index in [9.17, 15) is 9.59 Å². The van der Waals surface area contributed by atoms with Gasteiger partial charge in [0, 0.05) is 27.9 Å². The van der Waals surface area contributed by atoms with E-state index in [-0.39, 0.29) is 5.70 Å². The highest BCUT2D eigenvalue weighted by Gasteiger charge is 2.18. The molecule has 0 atom stereocenters. The summed E-state index contributed by atoms with van der Waals surface area (Å²) >= 11 is 5.94. The standard InChI is InChI=1S/C32H24ClN5O2/c33-27-18-16-23(17-19-27)21-34-36-32(40)29(35-31(39)25-12-6-2-7-13-25)20-26-22-38(28-14-8-3-9-15-28)37-30(26)24-10-4-1-5-11-24/h1-22H,(H,35,39)(H,36,40)/b29-20-,34-21+. The Hall–Kier alpha value is -5.27. The van der Waals surface area contributed by atoms with Crippen LogP contribution in [0.4, 0.5) is 0 Å². The molecule has 0 aliphatic heterocycles. The first kappa shape index (κ1) is 26.3. The average Bonchev–Trinajstić information content (AvgIpc) is 3.43. The Morgan fingerprint density at radius 3 is 2.10 bits per heavy atom. The van der Waals surface area contributed by atoms with Gasteiger partial charge in [0.2, 0.25) is 0 Å². The lowest BCUT2D eigenvalue weighted by Crippen LogP contribution is -2.32. The number of hydrogen-bond donors (Lipinski definition) is 2. The molecule has 5 aromatic rings. The smallest absolute Gasteiger partial charge is 0.287 e. The molecular weight excluding hydrogens is 522 g/mol. The Kier molecular flexibility index (Phi) is 8.24. The summed E-state index contributed by atoms with van der Waals surface area (Å²) in [6.07, 6.45) is 4.91. The number of halogens is 1. The van der Waals surface area contributed by atoms with Crippen LogP contribution in [0, 0.1) is 0 Å². The summed E-state index contributed by atoms with van der Waals surface area (Å²) in [6.45, 7) is 0. The van der Waals surface area contributed by atoms with E-state index in [0.717, 1.165) is 16.8 Å². The Balaban J connectivity index is 1.52. The fraction of sp³-hybridized carbons (Fsp3) is 0. The van der Waals surface area contributed by atoms with Crippen LogP contribution in [0.1, 0.15) is 21.5 Å². The molecule has 4 aromatic carbocycles. The Morgan fingerprint density at radius 1 is 0.800 bits per heavy atom. The molecule has 0 saturated carbocycles. The van der Waals surface area contributed by atoms with Crippen LogP contribution in [0.5, 0.6) is 0 Å². The first-order valence-corrected chi connectivity index (χ1v) is 12.8. The van der Waals surface area contributed by atoms with E-state index in [1.165, 1.54) is 6.21 Å². The number of carbonyl (C=O) groups excluding carboxylic acids is 2. The zero-order chi connectivity index (χ0) is 27.7. The van der Waals surface area contributed by atoms with Gasteiger partial charge in [0.15, 0.2) is 0 Å². The van der Waals surface area contributed by atoms with Crippen molar-refractivity contribution in [1.82, 2.24) is 20.5 Å². The summed E-state index contributed by atoms with van der Waals surface area (Å²) in [7, 11) is 0. The lowest BCUT2D eigenvalue weighted by atomic mass is 10.1. The molecule has 0 aliphatic carbocycles. The van der Waals surface area contributed by atoms with Crippen molar-refractivity contribution < 1.29 is 9.59 Å². The summed E-state index contributed by atoms with van der Waals surface area (Å²) in [4.78, 5) is 26.4. The van der Waals surface area contributed by atoms with E-state index in [1.807, 2.05) is 72.9 Å². The summed E-state index contributed by atoms with van der Waals surface area (Å²) in [5, 5.41) is 12.2. The van der Waals surface area contributed by atoms with Crippen molar-refractivity contribution in [1.29, 1.82) is 0 Å². The lowest BCUT2D eigenvalue weighted by Gasteiger charge is -2.09. The SMILES string of the molecule is O=C(N/N=C/c1ccc(Cl)cc1)/C(=C/c1cn(-c2ccccc2)nc1-c1ccccc1)NC(=O)c1ccccc1. The number of carbonyl (C=O) groups is 2. The molecule has 40 heavy (non-hydrogen) atoms. The molecule has 0 radical (unpaired) electrons. The second-order valence-electron chi connectivity index (χ2n) is 8.71. The molecule has 5 rings (SSSR count). The third-order valence-electron chi connectivity index (χ3n) is 5.89. The topological polar surface area (TPSA) is 88.4 Å². The van der Waals surface area contributed by atoms with Gasteiger partial charge in [-0.25, -0.2) is 10.1 Å². The predicted molar refractivity (Wildman–Crippen MR) is 158 cm³/mol.